The lowest BCUT2D eigenvalue weighted by atomic mass is 9.57. The minimum atomic E-state index is -2.52. The Morgan fingerprint density at radius 2 is 1.92 bits per heavy atom. The highest BCUT2D eigenvalue weighted by Crippen LogP contribution is 2.52. The standard InChI is InChI=1S/C27H30N2O8/c1-11(2)29-10-14-3-6-19(37-14)15-4-5-17(30)21-16(15)8-12-7-13-9-18(31)22(26(28)35)25(34)27(13,36)24(33)20(12)23(21)32/h3-6,11-13,18,22,29-31,33,36H,7-10H2,1-2H3,(H2,28,35)/t12-,13+,18?,22?,27+/m1/s1. The highest BCUT2D eigenvalue weighted by Gasteiger charge is 2.62. The quantitative estimate of drug-likeness (QED) is 0.325. The highest BCUT2D eigenvalue weighted by molar-refractivity contribution is 6.16. The number of rotatable bonds is 5. The number of carbonyl (C=O) groups excluding carboxylic acids is 3. The van der Waals surface area contributed by atoms with Gasteiger partial charge < -0.3 is 35.9 Å². The number of benzene rings is 1. The van der Waals surface area contributed by atoms with Crippen LogP contribution in [0.15, 0.2) is 40.0 Å². The van der Waals surface area contributed by atoms with Gasteiger partial charge in [-0.3, -0.25) is 14.4 Å². The molecule has 3 aliphatic rings. The van der Waals surface area contributed by atoms with Crippen LogP contribution in [0.2, 0.25) is 0 Å². The number of carbonyl (C=O) groups is 3. The number of nitrogens with one attached hydrogen (secondary N) is 1. The van der Waals surface area contributed by atoms with Crippen LogP contribution in [0.5, 0.6) is 5.75 Å². The van der Waals surface area contributed by atoms with Crippen LogP contribution >= 0.6 is 0 Å². The van der Waals surface area contributed by atoms with Gasteiger partial charge in [-0.25, -0.2) is 0 Å². The zero-order valence-corrected chi connectivity index (χ0v) is 20.5. The normalized spacial score (nSPS) is 29.2. The number of aromatic hydroxyl groups is 1. The summed E-state index contributed by atoms with van der Waals surface area (Å²) in [6.45, 7) is 4.55. The monoisotopic (exact) mass is 510 g/mol. The number of primary amides is 1. The third-order valence-electron chi connectivity index (χ3n) is 7.88. The molecule has 1 saturated carbocycles. The fraction of sp³-hybridized carbons (Fsp3) is 0.444. The van der Waals surface area contributed by atoms with Crippen molar-refractivity contribution >= 4 is 17.5 Å². The van der Waals surface area contributed by atoms with Crippen molar-refractivity contribution in [2.75, 3.05) is 0 Å². The van der Waals surface area contributed by atoms with Gasteiger partial charge in [0.1, 0.15) is 28.9 Å². The Bertz CT molecular complexity index is 1340. The van der Waals surface area contributed by atoms with Crippen LogP contribution in [-0.2, 0) is 22.6 Å². The Kier molecular flexibility index (Phi) is 6.01. The van der Waals surface area contributed by atoms with E-state index in [0.29, 0.717) is 29.2 Å². The molecule has 1 aromatic carbocycles. The molecule has 5 rings (SSSR count). The minimum absolute atomic E-state index is 0.0367. The average molecular weight is 511 g/mol. The summed E-state index contributed by atoms with van der Waals surface area (Å²) in [5.41, 5.74) is 3.70. The zero-order chi connectivity index (χ0) is 26.8. The van der Waals surface area contributed by atoms with Crippen LogP contribution < -0.4 is 11.1 Å². The number of hydrogen-bond acceptors (Lipinski definition) is 9. The predicted octanol–water partition coefficient (Wildman–Crippen LogP) is 1.50. The van der Waals surface area contributed by atoms with E-state index in [-0.39, 0.29) is 42.2 Å². The van der Waals surface area contributed by atoms with Gasteiger partial charge in [0.15, 0.2) is 17.2 Å². The fourth-order valence-electron chi connectivity index (χ4n) is 6.08. The number of nitrogens with two attached hydrogens (primary N) is 1. The summed E-state index contributed by atoms with van der Waals surface area (Å²) < 4.78 is 6.00. The number of Topliss-reactive ketones (excluding diaryl/α,β-unsaturated/α-hetero) is 2. The number of aliphatic hydroxyl groups excluding tert-OH is 2. The second-order valence-corrected chi connectivity index (χ2v) is 10.5. The van der Waals surface area contributed by atoms with Crippen molar-refractivity contribution in [1.82, 2.24) is 5.32 Å². The second kappa shape index (κ2) is 8.83. The summed E-state index contributed by atoms with van der Waals surface area (Å²) in [7, 11) is 0. The van der Waals surface area contributed by atoms with E-state index in [1.807, 2.05) is 19.9 Å². The van der Waals surface area contributed by atoms with Crippen LogP contribution in [-0.4, -0.2) is 55.6 Å². The minimum Gasteiger partial charge on any atom is -0.508 e. The fourth-order valence-corrected chi connectivity index (χ4v) is 6.08. The summed E-state index contributed by atoms with van der Waals surface area (Å²) in [4.78, 5) is 38.6. The first-order valence-electron chi connectivity index (χ1n) is 12.3. The van der Waals surface area contributed by atoms with Crippen molar-refractivity contribution in [3.63, 3.8) is 0 Å². The third-order valence-corrected chi connectivity index (χ3v) is 7.88. The molecule has 2 unspecified atom stereocenters. The van der Waals surface area contributed by atoms with E-state index in [1.54, 1.807) is 12.1 Å². The molecule has 0 bridgehead atoms. The Balaban J connectivity index is 1.59. The predicted molar refractivity (Wildman–Crippen MR) is 130 cm³/mol. The molecule has 10 heteroatoms. The summed E-state index contributed by atoms with van der Waals surface area (Å²) in [5.74, 6) is -6.09. The summed E-state index contributed by atoms with van der Waals surface area (Å²) in [6, 6.07) is 6.91. The first-order chi connectivity index (χ1) is 17.4. The molecule has 1 heterocycles. The molecule has 10 nitrogen and oxygen atoms in total. The number of aliphatic hydroxyl groups is 3. The molecule has 0 radical (unpaired) electrons. The van der Waals surface area contributed by atoms with E-state index < -0.39 is 52.7 Å². The second-order valence-electron chi connectivity index (χ2n) is 10.5. The van der Waals surface area contributed by atoms with Crippen LogP contribution in [0, 0.1) is 17.8 Å². The molecule has 5 atom stereocenters. The molecule has 1 fully saturated rings. The molecular weight excluding hydrogens is 480 g/mol. The number of furan rings is 1. The van der Waals surface area contributed by atoms with Gasteiger partial charge in [0.05, 0.1) is 18.2 Å². The number of fused-ring (bicyclic) bond motifs is 3. The molecule has 196 valence electrons. The number of ketones is 2. The summed E-state index contributed by atoms with van der Waals surface area (Å²) in [5, 5.41) is 46.8. The lowest BCUT2D eigenvalue weighted by Gasteiger charge is -2.48. The third kappa shape index (κ3) is 3.78. The maximum absolute atomic E-state index is 13.7. The lowest BCUT2D eigenvalue weighted by molar-refractivity contribution is -0.167. The topological polar surface area (TPSA) is 183 Å². The van der Waals surface area contributed by atoms with Crippen molar-refractivity contribution in [3.8, 4) is 17.1 Å². The molecule has 3 aliphatic carbocycles. The zero-order valence-electron chi connectivity index (χ0n) is 20.5. The smallest absolute Gasteiger partial charge is 0.230 e. The maximum atomic E-state index is 13.7. The molecule has 0 saturated heterocycles. The van der Waals surface area contributed by atoms with E-state index in [1.165, 1.54) is 6.07 Å². The Hall–Kier alpha value is -3.47. The van der Waals surface area contributed by atoms with E-state index in [2.05, 4.69) is 5.32 Å². The average Bonchev–Trinajstić information content (AvgIpc) is 3.28. The van der Waals surface area contributed by atoms with Gasteiger partial charge in [-0.2, -0.15) is 0 Å². The SMILES string of the molecule is CC(C)NCc1ccc(-c2ccc(O)c3c2C[C@H]2C[C@H]4CC(O)C(C(N)=O)C(=O)[C@@]4(O)C(O)=C2C3=O)o1. The summed E-state index contributed by atoms with van der Waals surface area (Å²) in [6.07, 6.45) is -1.23. The van der Waals surface area contributed by atoms with Gasteiger partial charge in [0, 0.05) is 23.1 Å². The van der Waals surface area contributed by atoms with E-state index in [0.717, 1.165) is 0 Å². The lowest BCUT2D eigenvalue weighted by Crippen LogP contribution is -2.63. The molecular formula is C27H30N2O8. The van der Waals surface area contributed by atoms with Gasteiger partial charge in [0.25, 0.3) is 0 Å². The van der Waals surface area contributed by atoms with Crippen molar-refractivity contribution in [3.05, 3.63) is 52.5 Å². The molecule has 0 aliphatic heterocycles. The maximum Gasteiger partial charge on any atom is 0.230 e. The molecule has 7 N–H and O–H groups in total. The number of phenols is 1. The Morgan fingerprint density at radius 1 is 1.19 bits per heavy atom. The number of hydrogen-bond donors (Lipinski definition) is 6. The van der Waals surface area contributed by atoms with Crippen molar-refractivity contribution in [2.45, 2.75) is 57.4 Å². The van der Waals surface area contributed by atoms with Crippen LogP contribution in [0.25, 0.3) is 11.3 Å². The van der Waals surface area contributed by atoms with E-state index in [4.69, 9.17) is 10.2 Å². The van der Waals surface area contributed by atoms with Crippen LogP contribution in [0.4, 0.5) is 0 Å². The number of phenolic OH excluding ortho intramolecular Hbond substituents is 1. The molecule has 1 aromatic heterocycles. The molecule has 1 amide bonds. The van der Waals surface area contributed by atoms with Gasteiger partial charge in [0.2, 0.25) is 5.91 Å². The summed E-state index contributed by atoms with van der Waals surface area (Å²) >= 11 is 0. The largest absolute Gasteiger partial charge is 0.508 e. The molecule has 37 heavy (non-hydrogen) atoms. The molecule has 0 spiro atoms. The highest BCUT2D eigenvalue weighted by atomic mass is 16.4. The number of amides is 1. The number of allylic oxidation sites excluding steroid dienone is 1. The van der Waals surface area contributed by atoms with Crippen molar-refractivity contribution < 1.29 is 39.2 Å². The Labute approximate surface area is 212 Å². The van der Waals surface area contributed by atoms with Crippen molar-refractivity contribution in [1.29, 1.82) is 0 Å². The van der Waals surface area contributed by atoms with Crippen LogP contribution in [0.1, 0.15) is 48.4 Å². The van der Waals surface area contributed by atoms with E-state index in [9.17, 15) is 34.8 Å². The van der Waals surface area contributed by atoms with Crippen LogP contribution in [0.3, 0.4) is 0 Å². The van der Waals surface area contributed by atoms with Gasteiger partial charge in [-0.15, -0.1) is 0 Å². The first kappa shape index (κ1) is 25.2. The first-order valence-corrected chi connectivity index (χ1v) is 12.3. The Morgan fingerprint density at radius 3 is 2.59 bits per heavy atom. The van der Waals surface area contributed by atoms with Crippen molar-refractivity contribution in [2.24, 2.45) is 23.5 Å². The van der Waals surface area contributed by atoms with Gasteiger partial charge in [-0.1, -0.05) is 13.8 Å². The van der Waals surface area contributed by atoms with Gasteiger partial charge in [-0.05, 0) is 55.0 Å². The van der Waals surface area contributed by atoms with Gasteiger partial charge >= 0.3 is 0 Å². The van der Waals surface area contributed by atoms with E-state index >= 15 is 0 Å². The molecule has 2 aromatic rings.